The van der Waals surface area contributed by atoms with Crippen LogP contribution in [-0.2, 0) is 0 Å². The van der Waals surface area contributed by atoms with Gasteiger partial charge in [0.05, 0.1) is 11.3 Å². The highest BCUT2D eigenvalue weighted by atomic mass is 16.4. The van der Waals surface area contributed by atoms with Crippen molar-refractivity contribution in [3.05, 3.63) is 59.7 Å². The number of tetrazole rings is 1. The number of aromatic nitrogens is 4. The molecule has 1 N–H and O–H groups in total. The monoisotopic (exact) mass is 280 g/mol. The average Bonchev–Trinajstić information content (AvgIpc) is 2.97. The second kappa shape index (κ2) is 5.16. The lowest BCUT2D eigenvalue weighted by molar-refractivity contribution is 0.0696. The Hall–Kier alpha value is -3.02. The van der Waals surface area contributed by atoms with Crippen molar-refractivity contribution in [3.63, 3.8) is 0 Å². The number of aromatic carboxylic acids is 1. The van der Waals surface area contributed by atoms with Crippen molar-refractivity contribution >= 4 is 5.97 Å². The third-order valence-corrected chi connectivity index (χ3v) is 3.12. The van der Waals surface area contributed by atoms with Crippen LogP contribution in [0.25, 0.3) is 17.1 Å². The summed E-state index contributed by atoms with van der Waals surface area (Å²) in [4.78, 5) is 12.4. The first-order valence-electron chi connectivity index (χ1n) is 6.35. The fourth-order valence-corrected chi connectivity index (χ4v) is 2.04. The Kier molecular flexibility index (Phi) is 3.19. The molecule has 3 aromatic rings. The van der Waals surface area contributed by atoms with E-state index in [1.807, 2.05) is 30.3 Å². The van der Waals surface area contributed by atoms with Gasteiger partial charge in [0.25, 0.3) is 0 Å². The number of nitrogens with zero attached hydrogens (tertiary/aromatic N) is 4. The van der Waals surface area contributed by atoms with Crippen molar-refractivity contribution in [2.24, 2.45) is 0 Å². The zero-order chi connectivity index (χ0) is 14.8. The van der Waals surface area contributed by atoms with Crippen LogP contribution in [0.2, 0.25) is 0 Å². The summed E-state index contributed by atoms with van der Waals surface area (Å²) >= 11 is 0. The SMILES string of the molecule is Cc1cc(-n2nnc(-c3ccccc3)n2)ccc1C(=O)O. The number of benzene rings is 2. The summed E-state index contributed by atoms with van der Waals surface area (Å²) in [5, 5.41) is 21.4. The fraction of sp³-hybridized carbons (Fsp3) is 0.0667. The van der Waals surface area contributed by atoms with Crippen LogP contribution in [0.5, 0.6) is 0 Å². The number of hydrogen-bond acceptors (Lipinski definition) is 4. The minimum absolute atomic E-state index is 0.266. The normalized spacial score (nSPS) is 10.5. The molecule has 2 aromatic carbocycles. The molecular weight excluding hydrogens is 268 g/mol. The average molecular weight is 280 g/mol. The number of hydrogen-bond donors (Lipinski definition) is 1. The lowest BCUT2D eigenvalue weighted by Crippen LogP contribution is -2.04. The summed E-state index contributed by atoms with van der Waals surface area (Å²) in [5.74, 6) is -0.425. The first-order valence-corrected chi connectivity index (χ1v) is 6.35. The number of carboxylic acid groups (broad SMARTS) is 1. The first-order chi connectivity index (χ1) is 10.1. The third-order valence-electron chi connectivity index (χ3n) is 3.12. The standard InChI is InChI=1S/C15H12N4O2/c1-10-9-12(7-8-13(10)15(20)21)19-17-14(16-18-19)11-5-3-2-4-6-11/h2-9H,1H3,(H,20,21). The van der Waals surface area contributed by atoms with Gasteiger partial charge >= 0.3 is 5.97 Å². The summed E-state index contributed by atoms with van der Waals surface area (Å²) in [6.07, 6.45) is 0. The smallest absolute Gasteiger partial charge is 0.335 e. The van der Waals surface area contributed by atoms with Crippen LogP contribution in [0.4, 0.5) is 0 Å². The van der Waals surface area contributed by atoms with E-state index in [1.165, 1.54) is 4.80 Å². The lowest BCUT2D eigenvalue weighted by Gasteiger charge is -2.03. The predicted molar refractivity (Wildman–Crippen MR) is 76.3 cm³/mol. The number of carbonyl (C=O) groups is 1. The fourth-order valence-electron chi connectivity index (χ4n) is 2.04. The van der Waals surface area contributed by atoms with Crippen molar-refractivity contribution in [2.45, 2.75) is 6.92 Å². The molecule has 0 aliphatic rings. The van der Waals surface area contributed by atoms with Crippen molar-refractivity contribution in [2.75, 3.05) is 0 Å². The lowest BCUT2D eigenvalue weighted by atomic mass is 10.1. The molecule has 0 radical (unpaired) electrons. The van der Waals surface area contributed by atoms with E-state index in [1.54, 1.807) is 25.1 Å². The number of carboxylic acids is 1. The molecule has 6 nitrogen and oxygen atoms in total. The number of aryl methyl sites for hydroxylation is 1. The van der Waals surface area contributed by atoms with Gasteiger partial charge in [0.15, 0.2) is 0 Å². The molecule has 6 heteroatoms. The van der Waals surface area contributed by atoms with E-state index in [4.69, 9.17) is 5.11 Å². The minimum Gasteiger partial charge on any atom is -0.478 e. The van der Waals surface area contributed by atoms with E-state index in [-0.39, 0.29) is 5.56 Å². The molecule has 0 bridgehead atoms. The molecule has 0 saturated carbocycles. The zero-order valence-corrected chi connectivity index (χ0v) is 11.3. The van der Waals surface area contributed by atoms with Gasteiger partial charge in [0.1, 0.15) is 0 Å². The van der Waals surface area contributed by atoms with Gasteiger partial charge in [-0.1, -0.05) is 30.3 Å². The van der Waals surface area contributed by atoms with Gasteiger partial charge < -0.3 is 5.11 Å². The Balaban J connectivity index is 1.97. The first kappa shape index (κ1) is 13.0. The molecule has 0 atom stereocenters. The summed E-state index contributed by atoms with van der Waals surface area (Å²) in [6.45, 7) is 1.74. The van der Waals surface area contributed by atoms with Crippen LogP contribution in [0.15, 0.2) is 48.5 Å². The summed E-state index contributed by atoms with van der Waals surface area (Å²) in [7, 11) is 0. The molecule has 0 aliphatic heterocycles. The highest BCUT2D eigenvalue weighted by Crippen LogP contribution is 2.16. The number of rotatable bonds is 3. The highest BCUT2D eigenvalue weighted by Gasteiger charge is 2.10. The molecule has 0 unspecified atom stereocenters. The molecule has 0 saturated heterocycles. The molecule has 0 amide bonds. The molecule has 104 valence electrons. The summed E-state index contributed by atoms with van der Waals surface area (Å²) in [5.41, 5.74) is 2.47. The van der Waals surface area contributed by atoms with E-state index in [2.05, 4.69) is 15.4 Å². The molecule has 21 heavy (non-hydrogen) atoms. The van der Waals surface area contributed by atoms with Crippen LogP contribution >= 0.6 is 0 Å². The second-order valence-electron chi connectivity index (χ2n) is 4.57. The van der Waals surface area contributed by atoms with Gasteiger partial charge in [0.2, 0.25) is 5.82 Å². The minimum atomic E-state index is -0.949. The Morgan fingerprint density at radius 3 is 2.57 bits per heavy atom. The summed E-state index contributed by atoms with van der Waals surface area (Å²) in [6, 6.07) is 14.5. The Bertz CT molecular complexity index is 796. The summed E-state index contributed by atoms with van der Waals surface area (Å²) < 4.78 is 0. The van der Waals surface area contributed by atoms with E-state index < -0.39 is 5.97 Å². The van der Waals surface area contributed by atoms with Crippen LogP contribution in [0.3, 0.4) is 0 Å². The molecule has 3 rings (SSSR count). The van der Waals surface area contributed by atoms with Gasteiger partial charge in [-0.2, -0.15) is 0 Å². The van der Waals surface area contributed by atoms with Crippen molar-refractivity contribution in [1.29, 1.82) is 0 Å². The third kappa shape index (κ3) is 2.51. The predicted octanol–water partition coefficient (Wildman–Crippen LogP) is 2.34. The molecule has 1 heterocycles. The van der Waals surface area contributed by atoms with Gasteiger partial charge in [-0.15, -0.1) is 15.0 Å². The topological polar surface area (TPSA) is 80.9 Å². The Morgan fingerprint density at radius 2 is 1.90 bits per heavy atom. The molecule has 0 fully saturated rings. The van der Waals surface area contributed by atoms with Crippen LogP contribution in [0.1, 0.15) is 15.9 Å². The quantitative estimate of drug-likeness (QED) is 0.796. The van der Waals surface area contributed by atoms with Crippen molar-refractivity contribution in [1.82, 2.24) is 20.2 Å². The van der Waals surface area contributed by atoms with Crippen LogP contribution in [0, 0.1) is 6.92 Å². The molecular formula is C15H12N4O2. The van der Waals surface area contributed by atoms with Gasteiger partial charge in [-0.3, -0.25) is 0 Å². The highest BCUT2D eigenvalue weighted by molar-refractivity contribution is 5.89. The van der Waals surface area contributed by atoms with Crippen LogP contribution < -0.4 is 0 Å². The maximum atomic E-state index is 11.0. The van der Waals surface area contributed by atoms with Gasteiger partial charge in [-0.25, -0.2) is 4.79 Å². The zero-order valence-electron chi connectivity index (χ0n) is 11.3. The molecule has 1 aromatic heterocycles. The van der Waals surface area contributed by atoms with E-state index in [9.17, 15) is 4.79 Å². The van der Waals surface area contributed by atoms with E-state index in [0.29, 0.717) is 17.1 Å². The van der Waals surface area contributed by atoms with Gasteiger partial charge in [-0.05, 0) is 35.9 Å². The van der Waals surface area contributed by atoms with Crippen LogP contribution in [-0.4, -0.2) is 31.3 Å². The van der Waals surface area contributed by atoms with Crippen molar-refractivity contribution < 1.29 is 9.90 Å². The molecule has 0 aliphatic carbocycles. The Morgan fingerprint density at radius 1 is 1.14 bits per heavy atom. The maximum Gasteiger partial charge on any atom is 0.335 e. The largest absolute Gasteiger partial charge is 0.478 e. The van der Waals surface area contributed by atoms with E-state index >= 15 is 0 Å². The Labute approximate surface area is 120 Å². The van der Waals surface area contributed by atoms with E-state index in [0.717, 1.165) is 5.56 Å². The van der Waals surface area contributed by atoms with Gasteiger partial charge in [0, 0.05) is 5.56 Å². The second-order valence-corrected chi connectivity index (χ2v) is 4.57. The maximum absolute atomic E-state index is 11.0. The molecule has 0 spiro atoms. The van der Waals surface area contributed by atoms with Crippen molar-refractivity contribution in [3.8, 4) is 17.1 Å².